The Bertz CT molecular complexity index is 912. The maximum atomic E-state index is 14.5. The molecular weight excluding hydrogens is 387 g/mol. The van der Waals surface area contributed by atoms with Crippen LogP contribution in [-0.4, -0.2) is 5.97 Å². The molecule has 1 saturated carbocycles. The second-order valence-electron chi connectivity index (χ2n) is 8.62. The Kier molecular flexibility index (Phi) is 8.71. The Balaban J connectivity index is 1.56. The third-order valence-corrected chi connectivity index (χ3v) is 6.13. The maximum absolute atomic E-state index is 14.5. The molecule has 2 nitrogen and oxygen atoms in total. The van der Waals surface area contributed by atoms with E-state index < -0.39 is 5.82 Å². The van der Waals surface area contributed by atoms with Gasteiger partial charge in [0.1, 0.15) is 0 Å². The number of unbranched alkanes of at least 4 members (excludes halogenated alkanes) is 1. The molecule has 0 aliphatic heterocycles. The molecule has 0 N–H and O–H groups in total. The highest BCUT2D eigenvalue weighted by Gasteiger charge is 2.28. The van der Waals surface area contributed by atoms with E-state index in [1.54, 1.807) is 6.07 Å². The standard InChI is InChI=1S/C28H33FO2/c1-3-5-7-22-14-17-25(18-15-22)28(30)31-27-19-16-24(20-26(27)29)13-12-23-10-8-21(6-4-2)9-11-23/h8-11,16,19-20,22,25H,3-7,14-15,17-18H2,1-2H3. The number of esters is 1. The molecule has 0 unspecified atom stereocenters. The van der Waals surface area contributed by atoms with Crippen molar-refractivity contribution in [2.45, 2.75) is 71.6 Å². The van der Waals surface area contributed by atoms with Crippen molar-refractivity contribution in [1.29, 1.82) is 0 Å². The van der Waals surface area contributed by atoms with E-state index in [0.29, 0.717) is 5.56 Å². The van der Waals surface area contributed by atoms with Crippen LogP contribution in [-0.2, 0) is 11.2 Å². The van der Waals surface area contributed by atoms with Crippen LogP contribution in [0.4, 0.5) is 4.39 Å². The second kappa shape index (κ2) is 11.7. The van der Waals surface area contributed by atoms with Crippen molar-refractivity contribution in [3.63, 3.8) is 0 Å². The van der Waals surface area contributed by atoms with Crippen molar-refractivity contribution in [2.24, 2.45) is 11.8 Å². The number of carbonyl (C=O) groups excluding carboxylic acids is 1. The number of hydrogen-bond donors (Lipinski definition) is 0. The van der Waals surface area contributed by atoms with Gasteiger partial charge in [-0.05, 0) is 73.9 Å². The van der Waals surface area contributed by atoms with Crippen LogP contribution in [0.25, 0.3) is 0 Å². The summed E-state index contributed by atoms with van der Waals surface area (Å²) in [6, 6.07) is 12.7. The minimum absolute atomic E-state index is 0.00688. The molecular formula is C28H33FO2. The van der Waals surface area contributed by atoms with E-state index in [1.807, 2.05) is 12.1 Å². The molecule has 164 valence electrons. The Labute approximate surface area is 186 Å². The lowest BCUT2D eigenvalue weighted by molar-refractivity contribution is -0.140. The van der Waals surface area contributed by atoms with Crippen LogP contribution >= 0.6 is 0 Å². The molecule has 0 radical (unpaired) electrons. The first-order valence-corrected chi connectivity index (χ1v) is 11.7. The number of aryl methyl sites for hydroxylation is 1. The number of hydrogen-bond acceptors (Lipinski definition) is 2. The Morgan fingerprint density at radius 2 is 1.65 bits per heavy atom. The fourth-order valence-electron chi connectivity index (χ4n) is 4.22. The third kappa shape index (κ3) is 6.96. The fourth-order valence-corrected chi connectivity index (χ4v) is 4.22. The first kappa shape index (κ1) is 23.1. The predicted molar refractivity (Wildman–Crippen MR) is 123 cm³/mol. The van der Waals surface area contributed by atoms with Crippen LogP contribution in [0.3, 0.4) is 0 Å². The Morgan fingerprint density at radius 1 is 0.968 bits per heavy atom. The molecule has 2 aromatic carbocycles. The van der Waals surface area contributed by atoms with E-state index in [-0.39, 0.29) is 17.6 Å². The lowest BCUT2D eigenvalue weighted by Gasteiger charge is -2.27. The van der Waals surface area contributed by atoms with E-state index >= 15 is 0 Å². The first-order valence-electron chi connectivity index (χ1n) is 11.7. The minimum atomic E-state index is -0.546. The summed E-state index contributed by atoms with van der Waals surface area (Å²) in [7, 11) is 0. The van der Waals surface area contributed by atoms with Gasteiger partial charge in [-0.15, -0.1) is 0 Å². The molecule has 1 fully saturated rings. The number of halogens is 1. The van der Waals surface area contributed by atoms with Crippen molar-refractivity contribution < 1.29 is 13.9 Å². The Hall–Kier alpha value is -2.60. The van der Waals surface area contributed by atoms with Gasteiger partial charge in [-0.25, -0.2) is 4.39 Å². The summed E-state index contributed by atoms with van der Waals surface area (Å²) in [4.78, 5) is 12.5. The summed E-state index contributed by atoms with van der Waals surface area (Å²) < 4.78 is 19.9. The summed E-state index contributed by atoms with van der Waals surface area (Å²) in [5, 5.41) is 0. The highest BCUT2D eigenvalue weighted by atomic mass is 19.1. The number of ether oxygens (including phenoxy) is 1. The summed E-state index contributed by atoms with van der Waals surface area (Å²) in [6.45, 7) is 4.36. The summed E-state index contributed by atoms with van der Waals surface area (Å²) in [5.41, 5.74) is 2.75. The second-order valence-corrected chi connectivity index (χ2v) is 8.62. The molecule has 1 aliphatic carbocycles. The van der Waals surface area contributed by atoms with Gasteiger partial charge in [-0.2, -0.15) is 0 Å². The molecule has 0 saturated heterocycles. The zero-order valence-corrected chi connectivity index (χ0v) is 18.8. The molecule has 31 heavy (non-hydrogen) atoms. The highest BCUT2D eigenvalue weighted by Crippen LogP contribution is 2.33. The molecule has 0 spiro atoms. The van der Waals surface area contributed by atoms with Crippen molar-refractivity contribution in [1.82, 2.24) is 0 Å². The van der Waals surface area contributed by atoms with Gasteiger partial charge in [0, 0.05) is 11.1 Å². The van der Waals surface area contributed by atoms with Gasteiger partial charge in [0.25, 0.3) is 0 Å². The molecule has 1 aliphatic rings. The van der Waals surface area contributed by atoms with E-state index in [0.717, 1.165) is 50.0 Å². The molecule has 0 aromatic heterocycles. The topological polar surface area (TPSA) is 26.3 Å². The van der Waals surface area contributed by atoms with Crippen LogP contribution < -0.4 is 4.74 Å². The van der Waals surface area contributed by atoms with Gasteiger partial charge < -0.3 is 4.74 Å². The molecule has 0 bridgehead atoms. The zero-order valence-electron chi connectivity index (χ0n) is 18.8. The van der Waals surface area contributed by atoms with Crippen molar-refractivity contribution in [3.8, 4) is 17.6 Å². The van der Waals surface area contributed by atoms with E-state index in [4.69, 9.17) is 4.74 Å². The molecule has 0 amide bonds. The van der Waals surface area contributed by atoms with E-state index in [9.17, 15) is 9.18 Å². The van der Waals surface area contributed by atoms with Crippen molar-refractivity contribution >= 4 is 5.97 Å². The summed E-state index contributed by atoms with van der Waals surface area (Å²) >= 11 is 0. The Morgan fingerprint density at radius 3 is 2.29 bits per heavy atom. The van der Waals surface area contributed by atoms with Crippen molar-refractivity contribution in [2.75, 3.05) is 0 Å². The number of benzene rings is 2. The third-order valence-electron chi connectivity index (χ3n) is 6.13. The van der Waals surface area contributed by atoms with Gasteiger partial charge in [0.15, 0.2) is 11.6 Å². The van der Waals surface area contributed by atoms with Crippen LogP contribution in [0.5, 0.6) is 5.75 Å². The monoisotopic (exact) mass is 420 g/mol. The number of rotatable bonds is 7. The SMILES string of the molecule is CCCCC1CCC(C(=O)Oc2ccc(C#Cc3ccc(CCC)cc3)cc2F)CC1. The summed E-state index contributed by atoms with van der Waals surface area (Å²) in [5.74, 6) is 5.80. The van der Waals surface area contributed by atoms with Crippen LogP contribution in [0.2, 0.25) is 0 Å². The van der Waals surface area contributed by atoms with Crippen LogP contribution in [0.15, 0.2) is 42.5 Å². The average molecular weight is 421 g/mol. The highest BCUT2D eigenvalue weighted by molar-refractivity contribution is 5.75. The molecule has 0 atom stereocenters. The lowest BCUT2D eigenvalue weighted by Crippen LogP contribution is -2.26. The molecule has 0 heterocycles. The minimum Gasteiger partial charge on any atom is -0.423 e. The predicted octanol–water partition coefficient (Wildman–Crippen LogP) is 7.08. The van der Waals surface area contributed by atoms with Gasteiger partial charge in [-0.1, -0.05) is 63.5 Å². The molecule has 3 rings (SSSR count). The molecule has 3 heteroatoms. The van der Waals surface area contributed by atoms with Crippen LogP contribution in [0.1, 0.15) is 81.9 Å². The van der Waals surface area contributed by atoms with Crippen molar-refractivity contribution in [3.05, 3.63) is 65.0 Å². The largest absolute Gasteiger partial charge is 0.423 e. The van der Waals surface area contributed by atoms with Gasteiger partial charge in [-0.3, -0.25) is 4.79 Å². The fraction of sp³-hybridized carbons (Fsp3) is 0.464. The normalized spacial score (nSPS) is 18.2. The maximum Gasteiger partial charge on any atom is 0.314 e. The molecule has 2 aromatic rings. The average Bonchev–Trinajstić information content (AvgIpc) is 2.79. The van der Waals surface area contributed by atoms with E-state index in [1.165, 1.54) is 37.0 Å². The van der Waals surface area contributed by atoms with E-state index in [2.05, 4.69) is 37.8 Å². The smallest absolute Gasteiger partial charge is 0.314 e. The number of carbonyl (C=O) groups is 1. The quantitative estimate of drug-likeness (QED) is 0.272. The first-order chi connectivity index (χ1) is 15.1. The zero-order chi connectivity index (χ0) is 22.1. The van der Waals surface area contributed by atoms with Gasteiger partial charge >= 0.3 is 5.97 Å². The summed E-state index contributed by atoms with van der Waals surface area (Å²) in [6.07, 6.45) is 9.70. The van der Waals surface area contributed by atoms with Gasteiger partial charge in [0.2, 0.25) is 0 Å². The lowest BCUT2D eigenvalue weighted by atomic mass is 9.80. The van der Waals surface area contributed by atoms with Gasteiger partial charge in [0.05, 0.1) is 5.92 Å². The van der Waals surface area contributed by atoms with Crippen LogP contribution in [0, 0.1) is 29.5 Å².